The number of hydrogen-bond donors (Lipinski definition) is 2. The van der Waals surface area contributed by atoms with Gasteiger partial charge in [-0.05, 0) is 45.0 Å². The molecule has 2 N–H and O–H groups in total. The van der Waals surface area contributed by atoms with Gasteiger partial charge in [0.15, 0.2) is 11.5 Å². The molecule has 0 radical (unpaired) electrons. The van der Waals surface area contributed by atoms with Crippen LogP contribution in [0.4, 0.5) is 0 Å². The van der Waals surface area contributed by atoms with E-state index in [-0.39, 0.29) is 17.3 Å². The largest absolute Gasteiger partial charge is 0.507 e. The van der Waals surface area contributed by atoms with Crippen LogP contribution >= 0.6 is 0 Å². The average molecular weight is 429 g/mol. The molecule has 0 aliphatic carbocycles. The Labute approximate surface area is 182 Å². The first-order chi connectivity index (χ1) is 14.9. The zero-order chi connectivity index (χ0) is 22.7. The smallest absolute Gasteiger partial charge is 0.204 e. The molecule has 0 aliphatic heterocycles. The van der Waals surface area contributed by atoms with Crippen LogP contribution in [0.3, 0.4) is 0 Å². The Balaban J connectivity index is 2.25. The van der Waals surface area contributed by atoms with Gasteiger partial charge >= 0.3 is 0 Å². The number of nitrogens with one attached hydrogen (secondary N) is 1. The van der Waals surface area contributed by atoms with Crippen molar-refractivity contribution in [3.8, 4) is 23.0 Å². The lowest BCUT2D eigenvalue weighted by atomic mass is 9.95. The molecule has 0 fully saturated rings. The van der Waals surface area contributed by atoms with Crippen molar-refractivity contribution in [2.75, 3.05) is 34.4 Å². The lowest BCUT2D eigenvalue weighted by molar-refractivity contribution is -0.910. The second-order valence-corrected chi connectivity index (χ2v) is 7.31. The molecular formula is C24H30NO6+. The monoisotopic (exact) mass is 428 g/mol. The number of carbonyl (C=O) groups excluding carboxylic acids is 1. The summed E-state index contributed by atoms with van der Waals surface area (Å²) in [6.07, 6.45) is 0. The van der Waals surface area contributed by atoms with Crippen LogP contribution in [0.5, 0.6) is 23.0 Å². The average Bonchev–Trinajstić information content (AvgIpc) is 3.12. The minimum Gasteiger partial charge on any atom is -0.507 e. The highest BCUT2D eigenvalue weighted by atomic mass is 16.5. The van der Waals surface area contributed by atoms with E-state index in [4.69, 9.17) is 18.6 Å². The first-order valence-electron chi connectivity index (χ1n) is 10.3. The van der Waals surface area contributed by atoms with Crippen molar-refractivity contribution in [1.82, 2.24) is 0 Å². The highest BCUT2D eigenvalue weighted by Gasteiger charge is 2.29. The third-order valence-corrected chi connectivity index (χ3v) is 5.72. The molecule has 0 spiro atoms. The van der Waals surface area contributed by atoms with E-state index < -0.39 is 0 Å². The second kappa shape index (κ2) is 9.31. The van der Waals surface area contributed by atoms with Crippen LogP contribution in [0.1, 0.15) is 41.1 Å². The number of hydrogen-bond acceptors (Lipinski definition) is 6. The van der Waals surface area contributed by atoms with Gasteiger partial charge in [-0.25, -0.2) is 0 Å². The molecule has 1 heterocycles. The minimum atomic E-state index is -0.268. The van der Waals surface area contributed by atoms with Gasteiger partial charge in [-0.2, -0.15) is 0 Å². The number of fused-ring (bicyclic) bond motifs is 1. The molecule has 31 heavy (non-hydrogen) atoms. The van der Waals surface area contributed by atoms with Gasteiger partial charge < -0.3 is 28.6 Å². The van der Waals surface area contributed by atoms with E-state index in [1.54, 1.807) is 31.2 Å². The quantitative estimate of drug-likeness (QED) is 0.510. The van der Waals surface area contributed by atoms with Crippen molar-refractivity contribution in [1.29, 1.82) is 0 Å². The summed E-state index contributed by atoms with van der Waals surface area (Å²) in [4.78, 5) is 15.0. The van der Waals surface area contributed by atoms with Crippen LogP contribution in [-0.2, 0) is 6.54 Å². The molecule has 7 heteroatoms. The summed E-state index contributed by atoms with van der Waals surface area (Å²) < 4.78 is 22.2. The number of ether oxygens (including phenoxy) is 3. The van der Waals surface area contributed by atoms with Gasteiger partial charge in [0.2, 0.25) is 11.5 Å². The Morgan fingerprint density at radius 3 is 2.26 bits per heavy atom. The molecule has 0 atom stereocenters. The molecule has 0 unspecified atom stereocenters. The molecule has 0 saturated carbocycles. The summed E-state index contributed by atoms with van der Waals surface area (Å²) >= 11 is 0. The first kappa shape index (κ1) is 22.5. The number of phenols is 1. The maximum absolute atomic E-state index is 13.8. The zero-order valence-corrected chi connectivity index (χ0v) is 18.9. The number of furan rings is 1. The van der Waals surface area contributed by atoms with E-state index in [1.807, 2.05) is 0 Å². The Hall–Kier alpha value is -3.19. The highest BCUT2D eigenvalue weighted by molar-refractivity contribution is 6.19. The lowest BCUT2D eigenvalue weighted by Crippen LogP contribution is -3.10. The molecule has 3 aromatic rings. The van der Waals surface area contributed by atoms with Crippen molar-refractivity contribution < 1.29 is 33.4 Å². The number of quaternary nitrogens is 1. The Kier molecular flexibility index (Phi) is 6.75. The summed E-state index contributed by atoms with van der Waals surface area (Å²) in [6.45, 7) is 8.32. The number of rotatable bonds is 9. The summed E-state index contributed by atoms with van der Waals surface area (Å²) in [5.74, 6) is 1.47. The summed E-state index contributed by atoms with van der Waals surface area (Å²) in [5, 5.41) is 11.3. The van der Waals surface area contributed by atoms with E-state index in [1.165, 1.54) is 26.2 Å². The SMILES string of the molecule is CC[NH+](CC)Cc1c(O)ccc2oc(C)c(C(=O)c3ccc(OC)c(OC)c3OC)c12. The van der Waals surface area contributed by atoms with Crippen LogP contribution in [0.25, 0.3) is 11.0 Å². The fourth-order valence-electron chi connectivity index (χ4n) is 3.98. The van der Waals surface area contributed by atoms with E-state index in [0.717, 1.165) is 13.1 Å². The summed E-state index contributed by atoms with van der Waals surface area (Å²) in [7, 11) is 4.50. The number of aryl methyl sites for hydroxylation is 1. The molecule has 0 amide bonds. The molecule has 0 bridgehead atoms. The highest BCUT2D eigenvalue weighted by Crippen LogP contribution is 2.42. The number of aromatic hydroxyl groups is 1. The Bertz CT molecular complexity index is 1100. The van der Waals surface area contributed by atoms with Crippen molar-refractivity contribution >= 4 is 16.8 Å². The maximum Gasteiger partial charge on any atom is 0.204 e. The molecular weight excluding hydrogens is 398 g/mol. The predicted octanol–water partition coefficient (Wildman–Crippen LogP) is 3.13. The minimum absolute atomic E-state index is 0.154. The zero-order valence-electron chi connectivity index (χ0n) is 18.9. The fraction of sp³-hybridized carbons (Fsp3) is 0.375. The Morgan fingerprint density at radius 2 is 1.68 bits per heavy atom. The molecule has 3 rings (SSSR count). The normalized spacial score (nSPS) is 11.2. The van der Waals surface area contributed by atoms with E-state index >= 15 is 0 Å². The van der Waals surface area contributed by atoms with E-state index in [9.17, 15) is 9.90 Å². The number of methoxy groups -OCH3 is 3. The van der Waals surface area contributed by atoms with Gasteiger partial charge in [0.1, 0.15) is 23.6 Å². The maximum atomic E-state index is 13.8. The van der Waals surface area contributed by atoms with Crippen molar-refractivity contribution in [3.63, 3.8) is 0 Å². The van der Waals surface area contributed by atoms with E-state index in [2.05, 4.69) is 13.8 Å². The second-order valence-electron chi connectivity index (χ2n) is 7.31. The first-order valence-corrected chi connectivity index (χ1v) is 10.3. The van der Waals surface area contributed by atoms with Crippen LogP contribution < -0.4 is 19.1 Å². The Morgan fingerprint density at radius 1 is 1.00 bits per heavy atom. The van der Waals surface area contributed by atoms with Crippen LogP contribution in [0.2, 0.25) is 0 Å². The van der Waals surface area contributed by atoms with Crippen LogP contribution in [0, 0.1) is 6.92 Å². The predicted molar refractivity (Wildman–Crippen MR) is 118 cm³/mol. The van der Waals surface area contributed by atoms with Crippen LogP contribution in [0.15, 0.2) is 28.7 Å². The molecule has 166 valence electrons. The van der Waals surface area contributed by atoms with Gasteiger partial charge in [0, 0.05) is 5.39 Å². The number of benzene rings is 2. The number of carbonyl (C=O) groups is 1. The number of ketones is 1. The third kappa shape index (κ3) is 3.93. The van der Waals surface area contributed by atoms with Crippen molar-refractivity contribution in [3.05, 3.63) is 46.7 Å². The molecule has 1 aromatic heterocycles. The molecule has 2 aromatic carbocycles. The number of phenolic OH excluding ortho intramolecular Hbond substituents is 1. The summed E-state index contributed by atoms with van der Waals surface area (Å²) in [5.41, 5.74) is 2.02. The van der Waals surface area contributed by atoms with Crippen molar-refractivity contribution in [2.45, 2.75) is 27.3 Å². The van der Waals surface area contributed by atoms with Gasteiger partial charge in [-0.3, -0.25) is 4.79 Å². The van der Waals surface area contributed by atoms with Crippen molar-refractivity contribution in [2.24, 2.45) is 0 Å². The summed E-state index contributed by atoms with van der Waals surface area (Å²) in [6, 6.07) is 6.64. The topological polar surface area (TPSA) is 82.6 Å². The van der Waals surface area contributed by atoms with Gasteiger partial charge in [-0.15, -0.1) is 0 Å². The molecule has 0 saturated heterocycles. The van der Waals surface area contributed by atoms with Gasteiger partial charge in [-0.1, -0.05) is 0 Å². The standard InChI is InChI=1S/C24H29NO6/c1-7-25(8-2)13-16-17(26)10-12-18-21(16)20(14(3)31-18)22(27)15-9-11-19(28-4)24(30-6)23(15)29-5/h9-12,26H,7-8,13H2,1-6H3/p+1. The molecule has 7 nitrogen and oxygen atoms in total. The van der Waals surface area contributed by atoms with Crippen LogP contribution in [-0.4, -0.2) is 45.3 Å². The molecule has 0 aliphatic rings. The van der Waals surface area contributed by atoms with Gasteiger partial charge in [0.05, 0.1) is 51.1 Å². The lowest BCUT2D eigenvalue weighted by Gasteiger charge is -2.17. The van der Waals surface area contributed by atoms with Gasteiger partial charge in [0.25, 0.3) is 0 Å². The fourth-order valence-corrected chi connectivity index (χ4v) is 3.98. The third-order valence-electron chi connectivity index (χ3n) is 5.72. The van der Waals surface area contributed by atoms with E-state index in [0.29, 0.717) is 51.5 Å².